The quantitative estimate of drug-likeness (QED) is 0.109. The number of thioether (sulfide) groups is 1. The Hall–Kier alpha value is -0.810. The van der Waals surface area contributed by atoms with Gasteiger partial charge in [-0.2, -0.15) is 0 Å². The van der Waals surface area contributed by atoms with Crippen molar-refractivity contribution >= 4 is 11.8 Å². The van der Waals surface area contributed by atoms with E-state index in [9.17, 15) is 15.3 Å². The molecule has 0 unspecified atom stereocenters. The van der Waals surface area contributed by atoms with Crippen LogP contribution in [0.25, 0.3) is 0 Å². The normalized spacial score (nSPS) is 43.2. The highest BCUT2D eigenvalue weighted by Gasteiger charge is 2.59. The second-order valence-electron chi connectivity index (χ2n) is 17.5. The molecule has 2 aliphatic heterocycles. The molecule has 4 fully saturated rings. The SMILES string of the molecule is CC(C)CCC[C@@H](C)[C@H]1CC[C@H]2[C@@H]3CC=C4C[C@@H](OCCCN5C=C(CS[C@@H]6O[C@@H](C)[C@H](O)[C@@H](O)[C@H]6O)NN5)CC[C@]4(C)[C@H]3CC[C@]12C. The van der Waals surface area contributed by atoms with Crippen molar-refractivity contribution in [2.24, 2.45) is 46.3 Å². The molecule has 48 heavy (non-hydrogen) atoms. The summed E-state index contributed by atoms with van der Waals surface area (Å²) in [5.41, 5.74) is 9.41. The van der Waals surface area contributed by atoms with Gasteiger partial charge in [-0.05, 0) is 111 Å². The lowest BCUT2D eigenvalue weighted by Crippen LogP contribution is -2.55. The molecule has 0 radical (unpaired) electrons. The molecule has 0 aromatic carbocycles. The van der Waals surface area contributed by atoms with Crippen molar-refractivity contribution in [2.45, 2.75) is 155 Å². The summed E-state index contributed by atoms with van der Waals surface area (Å²) in [5.74, 6) is 5.86. The lowest BCUT2D eigenvalue weighted by atomic mass is 9.47. The lowest BCUT2D eigenvalue weighted by Gasteiger charge is -2.58. The second-order valence-corrected chi connectivity index (χ2v) is 18.5. The Morgan fingerprint density at radius 1 is 1.00 bits per heavy atom. The molecule has 13 atom stereocenters. The van der Waals surface area contributed by atoms with Gasteiger partial charge in [0.2, 0.25) is 0 Å². The zero-order chi connectivity index (χ0) is 34.2. The molecule has 6 rings (SSSR count). The van der Waals surface area contributed by atoms with Crippen LogP contribution in [0, 0.1) is 46.3 Å². The molecule has 2 heterocycles. The maximum atomic E-state index is 10.3. The highest BCUT2D eigenvalue weighted by molar-refractivity contribution is 8.00. The van der Waals surface area contributed by atoms with Crippen molar-refractivity contribution in [2.75, 3.05) is 18.9 Å². The van der Waals surface area contributed by atoms with E-state index in [1.54, 1.807) is 12.5 Å². The van der Waals surface area contributed by atoms with E-state index in [0.717, 1.165) is 67.2 Å². The van der Waals surface area contributed by atoms with Gasteiger partial charge in [-0.3, -0.25) is 5.01 Å². The molecule has 8 nitrogen and oxygen atoms in total. The van der Waals surface area contributed by atoms with Gasteiger partial charge in [0.1, 0.15) is 23.7 Å². The smallest absolute Gasteiger partial charge is 0.132 e. The Balaban J connectivity index is 0.937. The number of hydrazine groups is 2. The Labute approximate surface area is 295 Å². The molecular weight excluding hydrogens is 623 g/mol. The average molecular weight is 690 g/mol. The summed E-state index contributed by atoms with van der Waals surface area (Å²) in [7, 11) is 0. The van der Waals surface area contributed by atoms with Gasteiger partial charge in [0.15, 0.2) is 0 Å². The van der Waals surface area contributed by atoms with Gasteiger partial charge < -0.3 is 30.2 Å². The topological polar surface area (TPSA) is 106 Å². The first-order valence-electron chi connectivity index (χ1n) is 19.5. The molecule has 0 bridgehead atoms. The molecule has 0 amide bonds. The minimum Gasteiger partial charge on any atom is -0.388 e. The molecule has 5 N–H and O–H groups in total. The number of ether oxygens (including phenoxy) is 2. The van der Waals surface area contributed by atoms with E-state index in [0.29, 0.717) is 22.7 Å². The molecule has 3 saturated carbocycles. The first kappa shape index (κ1) is 37.0. The van der Waals surface area contributed by atoms with Crippen LogP contribution in [-0.4, -0.2) is 75.2 Å². The number of fused-ring (bicyclic) bond motifs is 5. The number of nitrogens with one attached hydrogen (secondary N) is 2. The van der Waals surface area contributed by atoms with Gasteiger partial charge in [-0.1, -0.05) is 65.5 Å². The zero-order valence-corrected chi connectivity index (χ0v) is 31.5. The molecule has 9 heteroatoms. The third-order valence-electron chi connectivity index (χ3n) is 14.0. The summed E-state index contributed by atoms with van der Waals surface area (Å²) in [4.78, 5) is 0. The number of allylic oxidation sites excluding steroid dienone is 1. The number of aliphatic hydroxyl groups excluding tert-OH is 3. The van der Waals surface area contributed by atoms with E-state index in [1.807, 2.05) is 11.2 Å². The van der Waals surface area contributed by atoms with Gasteiger partial charge in [-0.15, -0.1) is 17.3 Å². The number of aliphatic hydroxyl groups is 3. The van der Waals surface area contributed by atoms with E-state index in [1.165, 1.54) is 76.0 Å². The molecular formula is C39H67N3O5S. The predicted molar refractivity (Wildman–Crippen MR) is 193 cm³/mol. The van der Waals surface area contributed by atoms with Crippen LogP contribution in [-0.2, 0) is 9.47 Å². The van der Waals surface area contributed by atoms with Crippen LogP contribution in [0.15, 0.2) is 23.5 Å². The number of hydrogen-bond acceptors (Lipinski definition) is 9. The molecule has 0 aromatic heterocycles. The van der Waals surface area contributed by atoms with Gasteiger partial charge in [0.25, 0.3) is 0 Å². The minimum atomic E-state index is -1.20. The molecule has 274 valence electrons. The molecule has 0 aromatic rings. The Morgan fingerprint density at radius 3 is 2.60 bits per heavy atom. The Morgan fingerprint density at radius 2 is 1.81 bits per heavy atom. The molecule has 0 spiro atoms. The standard InChI is InChI=1S/C39H67N3O5S/c1-24(2)9-7-10-25(3)31-13-14-32-30-12-11-27-21-29(15-17-38(27,5)33(30)16-18-39(31,32)6)46-20-8-19-42-22-28(40-41-42)23-48-37-36(45)35(44)34(43)26(4)47-37/h11,22,24-26,29-37,40-41,43-45H,7-10,12-21,23H2,1-6H3/t25-,26+,29+,30+,31-,32+,33+,34+,35-,36-,37+,38+,39-/m1/s1. The van der Waals surface area contributed by atoms with Crippen LogP contribution in [0.5, 0.6) is 0 Å². The second kappa shape index (κ2) is 15.4. The van der Waals surface area contributed by atoms with Crippen LogP contribution < -0.4 is 11.0 Å². The highest BCUT2D eigenvalue weighted by Crippen LogP contribution is 2.67. The summed E-state index contributed by atoms with van der Waals surface area (Å²) in [5, 5.41) is 32.3. The van der Waals surface area contributed by atoms with E-state index in [2.05, 4.69) is 51.7 Å². The fourth-order valence-corrected chi connectivity index (χ4v) is 12.3. The van der Waals surface area contributed by atoms with E-state index >= 15 is 0 Å². The van der Waals surface area contributed by atoms with Crippen LogP contribution in [0.2, 0.25) is 0 Å². The maximum Gasteiger partial charge on any atom is 0.132 e. The first-order chi connectivity index (χ1) is 22.9. The zero-order valence-electron chi connectivity index (χ0n) is 30.7. The van der Waals surface area contributed by atoms with Crippen molar-refractivity contribution in [1.82, 2.24) is 16.0 Å². The van der Waals surface area contributed by atoms with Crippen LogP contribution >= 0.6 is 11.8 Å². The molecule has 6 aliphatic rings. The number of nitrogens with zero attached hydrogens (tertiary/aromatic N) is 1. The summed E-state index contributed by atoms with van der Waals surface area (Å²) < 4.78 is 12.2. The van der Waals surface area contributed by atoms with Crippen molar-refractivity contribution < 1.29 is 24.8 Å². The lowest BCUT2D eigenvalue weighted by molar-refractivity contribution is -0.192. The average Bonchev–Trinajstić information content (AvgIpc) is 3.66. The first-order valence-corrected chi connectivity index (χ1v) is 20.6. The van der Waals surface area contributed by atoms with Gasteiger partial charge in [-0.25, -0.2) is 0 Å². The summed E-state index contributed by atoms with van der Waals surface area (Å²) >= 11 is 1.41. The van der Waals surface area contributed by atoms with E-state index in [4.69, 9.17) is 9.47 Å². The fourth-order valence-electron chi connectivity index (χ4n) is 11.2. The summed E-state index contributed by atoms with van der Waals surface area (Å²) in [6.07, 6.45) is 17.0. The molecule has 1 saturated heterocycles. The fraction of sp³-hybridized carbons (Fsp3) is 0.897. The predicted octanol–water partition coefficient (Wildman–Crippen LogP) is 6.53. The van der Waals surface area contributed by atoms with Crippen LogP contribution in [0.4, 0.5) is 0 Å². The third-order valence-corrected chi connectivity index (χ3v) is 15.2. The third kappa shape index (κ3) is 7.54. The highest BCUT2D eigenvalue weighted by atomic mass is 32.2. The Bertz CT molecular complexity index is 1150. The van der Waals surface area contributed by atoms with Gasteiger partial charge in [0, 0.05) is 25.1 Å². The summed E-state index contributed by atoms with van der Waals surface area (Å²) in [6, 6.07) is 0. The van der Waals surface area contributed by atoms with Crippen molar-refractivity contribution in [3.8, 4) is 0 Å². The van der Waals surface area contributed by atoms with Gasteiger partial charge >= 0.3 is 0 Å². The van der Waals surface area contributed by atoms with Crippen molar-refractivity contribution in [3.05, 3.63) is 23.5 Å². The number of rotatable bonds is 13. The summed E-state index contributed by atoms with van der Waals surface area (Å²) in [6.45, 7) is 16.0. The van der Waals surface area contributed by atoms with E-state index < -0.39 is 29.9 Å². The minimum absolute atomic E-state index is 0.336. The number of hydrogen-bond donors (Lipinski definition) is 5. The maximum absolute atomic E-state index is 10.3. The van der Waals surface area contributed by atoms with Gasteiger partial charge in [0.05, 0.1) is 17.9 Å². The largest absolute Gasteiger partial charge is 0.388 e. The monoisotopic (exact) mass is 689 g/mol. The Kier molecular flexibility index (Phi) is 11.9. The van der Waals surface area contributed by atoms with Crippen molar-refractivity contribution in [1.29, 1.82) is 0 Å². The van der Waals surface area contributed by atoms with Crippen LogP contribution in [0.3, 0.4) is 0 Å². The van der Waals surface area contributed by atoms with Crippen LogP contribution in [0.1, 0.15) is 119 Å². The van der Waals surface area contributed by atoms with Crippen molar-refractivity contribution in [3.63, 3.8) is 0 Å². The van der Waals surface area contributed by atoms with E-state index in [-0.39, 0.29) is 0 Å². The molecule has 4 aliphatic carbocycles.